The summed E-state index contributed by atoms with van der Waals surface area (Å²) in [5.41, 5.74) is 1.01. The van der Waals surface area contributed by atoms with Crippen molar-refractivity contribution in [2.45, 2.75) is 32.7 Å². The molecule has 1 aromatic rings. The standard InChI is InChI=1S/C13H19N3O3/c1-4-9(2)16(3)13(19)15-11-6-5-10(14-8-11)7-12(17)18/h5-6,8-9H,4,7H2,1-3H3,(H,15,19)(H,17,18). The predicted octanol–water partition coefficient (Wildman–Crippen LogP) is 1.97. The quantitative estimate of drug-likeness (QED) is 0.852. The molecule has 0 bridgehead atoms. The average molecular weight is 265 g/mol. The number of carbonyl (C=O) groups is 2. The fourth-order valence-corrected chi connectivity index (χ4v) is 1.44. The van der Waals surface area contributed by atoms with Gasteiger partial charge in [0.25, 0.3) is 0 Å². The van der Waals surface area contributed by atoms with Crippen molar-refractivity contribution in [3.05, 3.63) is 24.0 Å². The fourth-order valence-electron chi connectivity index (χ4n) is 1.44. The lowest BCUT2D eigenvalue weighted by Crippen LogP contribution is -2.37. The molecule has 0 saturated carbocycles. The van der Waals surface area contributed by atoms with Crippen LogP contribution in [-0.2, 0) is 11.2 Å². The van der Waals surface area contributed by atoms with Crippen LogP contribution in [0.25, 0.3) is 0 Å². The summed E-state index contributed by atoms with van der Waals surface area (Å²) in [6.07, 6.45) is 2.21. The number of amides is 2. The Morgan fingerprint density at radius 2 is 2.16 bits per heavy atom. The van der Waals surface area contributed by atoms with Gasteiger partial charge in [-0.3, -0.25) is 9.78 Å². The number of hydrogen-bond acceptors (Lipinski definition) is 3. The molecule has 2 N–H and O–H groups in total. The smallest absolute Gasteiger partial charge is 0.321 e. The normalized spacial score (nSPS) is 11.7. The van der Waals surface area contributed by atoms with E-state index in [1.165, 1.54) is 6.20 Å². The van der Waals surface area contributed by atoms with Crippen LogP contribution in [-0.4, -0.2) is 40.1 Å². The summed E-state index contributed by atoms with van der Waals surface area (Å²) >= 11 is 0. The lowest BCUT2D eigenvalue weighted by Gasteiger charge is -2.24. The molecule has 6 nitrogen and oxygen atoms in total. The van der Waals surface area contributed by atoms with Crippen LogP contribution in [0.15, 0.2) is 18.3 Å². The first-order chi connectivity index (χ1) is 8.93. The molecule has 0 aliphatic carbocycles. The van der Waals surface area contributed by atoms with Gasteiger partial charge in [0.2, 0.25) is 0 Å². The van der Waals surface area contributed by atoms with Crippen LogP contribution in [0.5, 0.6) is 0 Å². The molecule has 104 valence electrons. The van der Waals surface area contributed by atoms with Gasteiger partial charge in [0.1, 0.15) is 0 Å². The molecular formula is C13H19N3O3. The molecule has 1 unspecified atom stereocenters. The van der Waals surface area contributed by atoms with E-state index < -0.39 is 5.97 Å². The summed E-state index contributed by atoms with van der Waals surface area (Å²) in [5.74, 6) is -0.930. The van der Waals surface area contributed by atoms with Crippen molar-refractivity contribution in [1.29, 1.82) is 0 Å². The number of pyridine rings is 1. The zero-order valence-electron chi connectivity index (χ0n) is 11.4. The number of carboxylic acids is 1. The Labute approximate surface area is 112 Å². The van der Waals surface area contributed by atoms with E-state index in [0.29, 0.717) is 11.4 Å². The highest BCUT2D eigenvalue weighted by Gasteiger charge is 2.14. The van der Waals surface area contributed by atoms with Crippen LogP contribution in [0.2, 0.25) is 0 Å². The molecule has 0 radical (unpaired) electrons. The molecule has 6 heteroatoms. The molecule has 1 aromatic heterocycles. The minimum absolute atomic E-state index is 0.124. The maximum Gasteiger partial charge on any atom is 0.321 e. The van der Waals surface area contributed by atoms with Crippen molar-refractivity contribution >= 4 is 17.7 Å². The second-order valence-electron chi connectivity index (χ2n) is 4.41. The van der Waals surface area contributed by atoms with Gasteiger partial charge in [0.05, 0.1) is 24.0 Å². The molecule has 0 saturated heterocycles. The lowest BCUT2D eigenvalue weighted by molar-refractivity contribution is -0.136. The molecule has 0 aliphatic heterocycles. The highest BCUT2D eigenvalue weighted by atomic mass is 16.4. The molecule has 19 heavy (non-hydrogen) atoms. The van der Waals surface area contributed by atoms with Crippen molar-refractivity contribution in [2.24, 2.45) is 0 Å². The summed E-state index contributed by atoms with van der Waals surface area (Å²) in [4.78, 5) is 28.0. The number of rotatable bonds is 5. The fraction of sp³-hybridized carbons (Fsp3) is 0.462. The molecular weight excluding hydrogens is 246 g/mol. The number of anilines is 1. The molecule has 2 amide bonds. The van der Waals surface area contributed by atoms with E-state index in [1.807, 2.05) is 13.8 Å². The van der Waals surface area contributed by atoms with E-state index in [2.05, 4.69) is 10.3 Å². The minimum Gasteiger partial charge on any atom is -0.481 e. The maximum atomic E-state index is 11.9. The van der Waals surface area contributed by atoms with E-state index in [1.54, 1.807) is 24.1 Å². The SMILES string of the molecule is CCC(C)N(C)C(=O)Nc1ccc(CC(=O)O)nc1. The summed E-state index contributed by atoms with van der Waals surface area (Å²) in [5, 5.41) is 11.3. The third-order valence-corrected chi connectivity index (χ3v) is 2.98. The second kappa shape index (κ2) is 6.72. The monoisotopic (exact) mass is 265 g/mol. The van der Waals surface area contributed by atoms with E-state index >= 15 is 0 Å². The summed E-state index contributed by atoms with van der Waals surface area (Å²) < 4.78 is 0. The molecule has 1 atom stereocenters. The second-order valence-corrected chi connectivity index (χ2v) is 4.41. The number of nitrogens with one attached hydrogen (secondary N) is 1. The number of aromatic nitrogens is 1. The predicted molar refractivity (Wildman–Crippen MR) is 72.1 cm³/mol. The first-order valence-electron chi connectivity index (χ1n) is 6.14. The minimum atomic E-state index is -0.930. The van der Waals surface area contributed by atoms with Crippen LogP contribution >= 0.6 is 0 Å². The maximum absolute atomic E-state index is 11.9. The molecule has 0 fully saturated rings. The average Bonchev–Trinajstić information content (AvgIpc) is 2.38. The van der Waals surface area contributed by atoms with Crippen LogP contribution in [0, 0.1) is 0 Å². The largest absolute Gasteiger partial charge is 0.481 e. The van der Waals surface area contributed by atoms with Gasteiger partial charge in [-0.25, -0.2) is 4.79 Å². The van der Waals surface area contributed by atoms with E-state index in [9.17, 15) is 9.59 Å². The number of nitrogens with zero attached hydrogens (tertiary/aromatic N) is 2. The summed E-state index contributed by atoms with van der Waals surface area (Å²) in [6, 6.07) is 3.18. The number of hydrogen-bond donors (Lipinski definition) is 2. The lowest BCUT2D eigenvalue weighted by atomic mass is 10.2. The van der Waals surface area contributed by atoms with Gasteiger partial charge in [-0.05, 0) is 25.5 Å². The van der Waals surface area contributed by atoms with Crippen molar-refractivity contribution < 1.29 is 14.7 Å². The Morgan fingerprint density at radius 3 is 2.63 bits per heavy atom. The molecule has 0 aliphatic rings. The van der Waals surface area contributed by atoms with Gasteiger partial charge in [-0.2, -0.15) is 0 Å². The van der Waals surface area contributed by atoms with Crippen LogP contribution in [0.4, 0.5) is 10.5 Å². The third-order valence-electron chi connectivity index (χ3n) is 2.98. The Bertz CT molecular complexity index is 445. The zero-order chi connectivity index (χ0) is 14.4. The number of urea groups is 1. The topological polar surface area (TPSA) is 82.5 Å². The first kappa shape index (κ1) is 14.9. The summed E-state index contributed by atoms with van der Waals surface area (Å²) in [7, 11) is 1.73. The van der Waals surface area contributed by atoms with Gasteiger partial charge in [-0.15, -0.1) is 0 Å². The van der Waals surface area contributed by atoms with Crippen molar-refractivity contribution in [3.8, 4) is 0 Å². The van der Waals surface area contributed by atoms with Gasteiger partial charge in [0, 0.05) is 13.1 Å². The van der Waals surface area contributed by atoms with E-state index in [0.717, 1.165) is 6.42 Å². The molecule has 1 rings (SSSR count). The Kier molecular flexibility index (Phi) is 5.29. The van der Waals surface area contributed by atoms with E-state index in [4.69, 9.17) is 5.11 Å². The van der Waals surface area contributed by atoms with Crippen molar-refractivity contribution in [3.63, 3.8) is 0 Å². The highest BCUT2D eigenvalue weighted by molar-refractivity contribution is 5.89. The van der Waals surface area contributed by atoms with Crippen molar-refractivity contribution in [2.75, 3.05) is 12.4 Å². The van der Waals surface area contributed by atoms with Crippen LogP contribution in [0.1, 0.15) is 26.0 Å². The Morgan fingerprint density at radius 1 is 1.47 bits per heavy atom. The number of carbonyl (C=O) groups excluding carboxylic acids is 1. The van der Waals surface area contributed by atoms with Gasteiger partial charge in [-0.1, -0.05) is 6.92 Å². The number of carboxylic acid groups (broad SMARTS) is 1. The number of aliphatic carboxylic acids is 1. The molecule has 0 spiro atoms. The third kappa shape index (κ3) is 4.57. The molecule has 1 heterocycles. The summed E-state index contributed by atoms with van der Waals surface area (Å²) in [6.45, 7) is 3.98. The molecule has 0 aromatic carbocycles. The van der Waals surface area contributed by atoms with Crippen LogP contribution < -0.4 is 5.32 Å². The Hall–Kier alpha value is -2.11. The Balaban J connectivity index is 2.62. The van der Waals surface area contributed by atoms with Gasteiger partial charge in [0.15, 0.2) is 0 Å². The first-order valence-corrected chi connectivity index (χ1v) is 6.14. The van der Waals surface area contributed by atoms with Crippen LogP contribution in [0.3, 0.4) is 0 Å². The van der Waals surface area contributed by atoms with E-state index in [-0.39, 0.29) is 18.5 Å². The highest BCUT2D eigenvalue weighted by Crippen LogP contribution is 2.09. The van der Waals surface area contributed by atoms with Gasteiger partial charge < -0.3 is 15.3 Å². The van der Waals surface area contributed by atoms with Crippen molar-refractivity contribution in [1.82, 2.24) is 9.88 Å². The zero-order valence-corrected chi connectivity index (χ0v) is 11.4. The van der Waals surface area contributed by atoms with Gasteiger partial charge >= 0.3 is 12.0 Å².